The molecule has 0 aliphatic heterocycles. The average Bonchev–Trinajstić information content (AvgIpc) is 2.81. The maximum atomic E-state index is 14.8. The summed E-state index contributed by atoms with van der Waals surface area (Å²) in [5.41, 5.74) is -2.53. The molecule has 1 aliphatic carbocycles. The standard InChI is InChI=1S/C28H21F9O/c29-22-15-18-14-19(8-9-20(18)26(32)21(22)10-11-27(33,34)35)38-28(36,37)25-23(30)12-17(13-24(25)31)7-6-16-4-2-1-3-5-16/h8-9,12-16H,1-7H2. The van der Waals surface area contributed by atoms with Gasteiger partial charge in [0.1, 0.15) is 34.6 Å². The summed E-state index contributed by atoms with van der Waals surface area (Å²) in [6.07, 6.45) is -3.06. The zero-order valence-corrected chi connectivity index (χ0v) is 19.8. The SMILES string of the molecule is Fc1cc2cc(OC(F)(F)c3c(F)cc(CCC4CCCCC4)cc3F)ccc2c(F)c1C#CC(F)(F)F. The topological polar surface area (TPSA) is 9.23 Å². The molecule has 1 fully saturated rings. The molecule has 4 rings (SSSR count). The van der Waals surface area contributed by atoms with Gasteiger partial charge in [0.05, 0.1) is 5.56 Å². The third-order valence-corrected chi connectivity index (χ3v) is 6.53. The summed E-state index contributed by atoms with van der Waals surface area (Å²) in [6.45, 7) is 0. The van der Waals surface area contributed by atoms with Gasteiger partial charge in [0.15, 0.2) is 0 Å². The van der Waals surface area contributed by atoms with E-state index in [-0.39, 0.29) is 10.9 Å². The van der Waals surface area contributed by atoms with Crippen molar-refractivity contribution in [2.24, 2.45) is 5.92 Å². The highest BCUT2D eigenvalue weighted by atomic mass is 19.4. The van der Waals surface area contributed by atoms with Crippen LogP contribution in [0.1, 0.15) is 55.2 Å². The van der Waals surface area contributed by atoms with Crippen LogP contribution in [0, 0.1) is 41.0 Å². The van der Waals surface area contributed by atoms with E-state index in [1.165, 1.54) is 5.92 Å². The van der Waals surface area contributed by atoms with E-state index in [4.69, 9.17) is 0 Å². The van der Waals surface area contributed by atoms with Crippen LogP contribution in [0.3, 0.4) is 0 Å². The predicted molar refractivity (Wildman–Crippen MR) is 123 cm³/mol. The summed E-state index contributed by atoms with van der Waals surface area (Å²) < 4.78 is 129. The van der Waals surface area contributed by atoms with Crippen molar-refractivity contribution in [2.75, 3.05) is 0 Å². The molecule has 1 nitrogen and oxygen atoms in total. The van der Waals surface area contributed by atoms with Crippen molar-refractivity contribution in [3.63, 3.8) is 0 Å². The number of aryl methyl sites for hydroxylation is 1. The summed E-state index contributed by atoms with van der Waals surface area (Å²) in [6, 6.07) is 4.71. The highest BCUT2D eigenvalue weighted by Crippen LogP contribution is 2.37. The van der Waals surface area contributed by atoms with Crippen LogP contribution < -0.4 is 4.74 Å². The van der Waals surface area contributed by atoms with Crippen molar-refractivity contribution in [1.29, 1.82) is 0 Å². The Morgan fingerprint density at radius 2 is 1.47 bits per heavy atom. The van der Waals surface area contributed by atoms with E-state index in [9.17, 15) is 39.5 Å². The first-order valence-corrected chi connectivity index (χ1v) is 11.9. The summed E-state index contributed by atoms with van der Waals surface area (Å²) in [4.78, 5) is 0. The van der Waals surface area contributed by atoms with E-state index in [0.717, 1.165) is 68.4 Å². The molecule has 0 bridgehead atoms. The van der Waals surface area contributed by atoms with Crippen LogP contribution in [0.5, 0.6) is 5.75 Å². The van der Waals surface area contributed by atoms with Gasteiger partial charge in [-0.15, -0.1) is 0 Å². The van der Waals surface area contributed by atoms with Gasteiger partial charge in [-0.1, -0.05) is 38.0 Å². The number of halogens is 9. The summed E-state index contributed by atoms with van der Waals surface area (Å²) in [5, 5.41) is -0.766. The lowest BCUT2D eigenvalue weighted by Crippen LogP contribution is -2.25. The minimum absolute atomic E-state index is 0.242. The van der Waals surface area contributed by atoms with Crippen molar-refractivity contribution in [1.82, 2.24) is 0 Å². The molecule has 3 aromatic carbocycles. The van der Waals surface area contributed by atoms with Crippen molar-refractivity contribution < 1.29 is 44.3 Å². The van der Waals surface area contributed by atoms with Crippen LogP contribution in [-0.2, 0) is 12.5 Å². The Kier molecular flexibility index (Phi) is 7.86. The first kappa shape index (κ1) is 27.7. The summed E-state index contributed by atoms with van der Waals surface area (Å²) in [5.74, 6) is -4.02. The van der Waals surface area contributed by atoms with Crippen molar-refractivity contribution in [3.8, 4) is 17.6 Å². The largest absolute Gasteiger partial charge is 0.458 e. The summed E-state index contributed by atoms with van der Waals surface area (Å²) >= 11 is 0. The number of fused-ring (bicyclic) bond motifs is 1. The quantitative estimate of drug-likeness (QED) is 0.222. The highest BCUT2D eigenvalue weighted by Gasteiger charge is 2.41. The van der Waals surface area contributed by atoms with Gasteiger partial charge < -0.3 is 4.74 Å². The lowest BCUT2D eigenvalue weighted by molar-refractivity contribution is -0.189. The molecule has 0 radical (unpaired) electrons. The second kappa shape index (κ2) is 10.8. The predicted octanol–water partition coefficient (Wildman–Crippen LogP) is 8.95. The number of rotatable bonds is 6. The van der Waals surface area contributed by atoms with Crippen molar-refractivity contribution in [3.05, 3.63) is 76.4 Å². The van der Waals surface area contributed by atoms with Gasteiger partial charge in [0, 0.05) is 11.3 Å². The molecular formula is C28H21F9O. The van der Waals surface area contributed by atoms with Gasteiger partial charge in [-0.2, -0.15) is 22.0 Å². The summed E-state index contributed by atoms with van der Waals surface area (Å²) in [7, 11) is 0. The first-order valence-electron chi connectivity index (χ1n) is 11.9. The maximum absolute atomic E-state index is 14.8. The van der Waals surface area contributed by atoms with E-state index < -0.39 is 57.8 Å². The molecule has 10 heteroatoms. The number of alkyl halides is 5. The van der Waals surface area contributed by atoms with Gasteiger partial charge >= 0.3 is 12.3 Å². The molecule has 0 unspecified atom stereocenters. The van der Waals surface area contributed by atoms with E-state index in [1.54, 1.807) is 0 Å². The Hall–Kier alpha value is -3.35. The molecule has 0 N–H and O–H groups in total. The van der Waals surface area contributed by atoms with E-state index in [2.05, 4.69) is 4.74 Å². The molecule has 1 aliphatic rings. The molecule has 38 heavy (non-hydrogen) atoms. The van der Waals surface area contributed by atoms with Crippen LogP contribution in [0.25, 0.3) is 10.8 Å². The number of hydrogen-bond acceptors (Lipinski definition) is 1. The molecule has 0 heterocycles. The monoisotopic (exact) mass is 544 g/mol. The molecule has 0 saturated heterocycles. The van der Waals surface area contributed by atoms with E-state index in [1.807, 2.05) is 0 Å². The Morgan fingerprint density at radius 1 is 0.816 bits per heavy atom. The average molecular weight is 544 g/mol. The molecule has 0 aromatic heterocycles. The third kappa shape index (κ3) is 6.37. The normalized spacial score (nSPS) is 14.9. The molecule has 1 saturated carbocycles. The second-order valence-corrected chi connectivity index (χ2v) is 9.27. The number of benzene rings is 3. The first-order chi connectivity index (χ1) is 17.8. The van der Waals surface area contributed by atoms with Gasteiger partial charge in [0.25, 0.3) is 0 Å². The van der Waals surface area contributed by atoms with Crippen LogP contribution in [0.4, 0.5) is 39.5 Å². The Labute approximate surface area is 212 Å². The fourth-order valence-corrected chi connectivity index (χ4v) is 4.71. The fraction of sp³-hybridized carbons (Fsp3) is 0.357. The smallest absolute Gasteiger partial charge is 0.429 e. The van der Waals surface area contributed by atoms with E-state index >= 15 is 0 Å². The van der Waals surface area contributed by atoms with Gasteiger partial charge in [-0.3, -0.25) is 0 Å². The highest BCUT2D eigenvalue weighted by molar-refractivity contribution is 5.86. The molecule has 202 valence electrons. The molecule has 0 amide bonds. The van der Waals surface area contributed by atoms with Gasteiger partial charge in [-0.25, -0.2) is 17.6 Å². The van der Waals surface area contributed by atoms with Crippen molar-refractivity contribution in [2.45, 2.75) is 57.2 Å². The lowest BCUT2D eigenvalue weighted by Gasteiger charge is -2.22. The molecule has 0 atom stereocenters. The van der Waals surface area contributed by atoms with Crippen LogP contribution in [0.15, 0.2) is 36.4 Å². The third-order valence-electron chi connectivity index (χ3n) is 6.53. The van der Waals surface area contributed by atoms with Gasteiger partial charge in [-0.05, 0) is 66.1 Å². The molecular weight excluding hydrogens is 523 g/mol. The van der Waals surface area contributed by atoms with E-state index in [0.29, 0.717) is 24.8 Å². The second-order valence-electron chi connectivity index (χ2n) is 9.27. The maximum Gasteiger partial charge on any atom is 0.458 e. The van der Waals surface area contributed by atoms with Crippen molar-refractivity contribution >= 4 is 10.8 Å². The number of hydrogen-bond donors (Lipinski definition) is 0. The van der Waals surface area contributed by atoms with Crippen LogP contribution in [0.2, 0.25) is 0 Å². The zero-order chi connectivity index (χ0) is 27.7. The fourth-order valence-electron chi connectivity index (χ4n) is 4.71. The Morgan fingerprint density at radius 3 is 2.11 bits per heavy atom. The van der Waals surface area contributed by atoms with Crippen LogP contribution >= 0.6 is 0 Å². The Bertz CT molecular complexity index is 1370. The Balaban J connectivity index is 1.57. The zero-order valence-electron chi connectivity index (χ0n) is 19.8. The molecule has 0 spiro atoms. The lowest BCUT2D eigenvalue weighted by atomic mass is 9.85. The number of ether oxygens (including phenoxy) is 1. The van der Waals surface area contributed by atoms with Gasteiger partial charge in [0.2, 0.25) is 0 Å². The minimum atomic E-state index is -4.99. The minimum Gasteiger partial charge on any atom is -0.429 e. The van der Waals surface area contributed by atoms with Crippen LogP contribution in [-0.4, -0.2) is 6.18 Å². The molecule has 3 aromatic rings.